The predicted molar refractivity (Wildman–Crippen MR) is 95.0 cm³/mol. The number of aryl methyl sites for hydroxylation is 2. The number of alkyl halides is 1. The summed E-state index contributed by atoms with van der Waals surface area (Å²) >= 11 is 0. The third kappa shape index (κ3) is 2.70. The van der Waals surface area contributed by atoms with Gasteiger partial charge in [0.25, 0.3) is 0 Å². The highest BCUT2D eigenvalue weighted by Gasteiger charge is 2.32. The lowest BCUT2D eigenvalue weighted by Gasteiger charge is -2.27. The summed E-state index contributed by atoms with van der Waals surface area (Å²) in [4.78, 5) is 0. The van der Waals surface area contributed by atoms with Gasteiger partial charge in [-0.2, -0.15) is 0 Å². The molecule has 1 nitrogen and oxygen atoms in total. The number of hydrogen-bond acceptors (Lipinski definition) is 0. The monoisotopic (exact) mass is 313 g/mol. The molecule has 1 saturated carbocycles. The minimum Gasteiger partial charge on any atom is -0.344 e. The largest absolute Gasteiger partial charge is 0.344 e. The molecule has 0 radical (unpaired) electrons. The SMILES string of the molecule is Cc1ccc2c(C3CCCCC3F)c3n(c2c1)CCCCCC3. The molecule has 2 aliphatic rings. The first-order valence-corrected chi connectivity index (χ1v) is 9.51. The maximum absolute atomic E-state index is 14.8. The summed E-state index contributed by atoms with van der Waals surface area (Å²) in [5.74, 6) is 0.129. The van der Waals surface area contributed by atoms with E-state index in [2.05, 4.69) is 29.7 Å². The second-order valence-electron chi connectivity index (χ2n) is 7.60. The third-order valence-corrected chi connectivity index (χ3v) is 5.97. The molecule has 0 saturated heterocycles. The maximum atomic E-state index is 14.8. The van der Waals surface area contributed by atoms with Crippen molar-refractivity contribution in [1.82, 2.24) is 4.57 Å². The zero-order chi connectivity index (χ0) is 15.8. The Bertz CT molecular complexity index is 699. The van der Waals surface area contributed by atoms with Crippen LogP contribution in [-0.4, -0.2) is 10.7 Å². The first-order chi connectivity index (χ1) is 11.3. The number of rotatable bonds is 1. The fourth-order valence-corrected chi connectivity index (χ4v) is 4.80. The van der Waals surface area contributed by atoms with E-state index >= 15 is 0 Å². The standard InChI is InChI=1S/C21H28FN/c1-15-11-12-17-20(14-15)23-13-7-3-2-4-10-19(23)21(17)16-8-5-6-9-18(16)22/h11-12,14,16,18H,2-10,13H2,1H3. The van der Waals surface area contributed by atoms with Crippen molar-refractivity contribution in [1.29, 1.82) is 0 Å². The van der Waals surface area contributed by atoms with E-state index in [1.165, 1.54) is 59.8 Å². The Kier molecular flexibility index (Phi) is 4.17. The van der Waals surface area contributed by atoms with Crippen LogP contribution in [0.15, 0.2) is 18.2 Å². The molecule has 0 spiro atoms. The van der Waals surface area contributed by atoms with Crippen molar-refractivity contribution in [3.05, 3.63) is 35.0 Å². The van der Waals surface area contributed by atoms with Gasteiger partial charge in [0.1, 0.15) is 6.17 Å². The number of nitrogens with zero attached hydrogens (tertiary/aromatic N) is 1. The van der Waals surface area contributed by atoms with Gasteiger partial charge in [0.2, 0.25) is 0 Å². The second-order valence-corrected chi connectivity index (χ2v) is 7.60. The number of halogens is 1. The van der Waals surface area contributed by atoms with E-state index in [1.807, 2.05) is 0 Å². The lowest BCUT2D eigenvalue weighted by atomic mass is 9.80. The summed E-state index contributed by atoms with van der Waals surface area (Å²) in [5.41, 5.74) is 5.50. The fraction of sp³-hybridized carbons (Fsp3) is 0.619. The van der Waals surface area contributed by atoms with Crippen LogP contribution < -0.4 is 0 Å². The van der Waals surface area contributed by atoms with Crippen LogP contribution in [0.1, 0.15) is 74.1 Å². The molecule has 2 heteroatoms. The summed E-state index contributed by atoms with van der Waals surface area (Å²) in [6, 6.07) is 6.79. The summed E-state index contributed by atoms with van der Waals surface area (Å²) in [7, 11) is 0. The zero-order valence-corrected chi connectivity index (χ0v) is 14.3. The Labute approximate surface area is 138 Å². The summed E-state index contributed by atoms with van der Waals surface area (Å²) in [6.07, 6.45) is 9.67. The second kappa shape index (κ2) is 6.30. The Balaban J connectivity index is 1.92. The van der Waals surface area contributed by atoms with Gasteiger partial charge in [-0.1, -0.05) is 37.8 Å². The highest BCUT2D eigenvalue weighted by atomic mass is 19.1. The molecular weight excluding hydrogens is 285 g/mol. The Morgan fingerprint density at radius 2 is 1.83 bits per heavy atom. The topological polar surface area (TPSA) is 4.93 Å². The number of hydrogen-bond donors (Lipinski definition) is 0. The lowest BCUT2D eigenvalue weighted by molar-refractivity contribution is 0.216. The quantitative estimate of drug-likeness (QED) is 0.603. The molecule has 23 heavy (non-hydrogen) atoms. The van der Waals surface area contributed by atoms with E-state index < -0.39 is 6.17 Å². The molecule has 4 rings (SSSR count). The van der Waals surface area contributed by atoms with Crippen LogP contribution in [0.2, 0.25) is 0 Å². The van der Waals surface area contributed by atoms with Crippen molar-refractivity contribution in [3.63, 3.8) is 0 Å². The van der Waals surface area contributed by atoms with Crippen molar-refractivity contribution in [2.45, 2.75) is 83.3 Å². The van der Waals surface area contributed by atoms with Crippen molar-refractivity contribution < 1.29 is 4.39 Å². The van der Waals surface area contributed by atoms with Gasteiger partial charge >= 0.3 is 0 Å². The van der Waals surface area contributed by atoms with Gasteiger partial charge in [0, 0.05) is 29.1 Å². The van der Waals surface area contributed by atoms with Crippen LogP contribution in [-0.2, 0) is 13.0 Å². The van der Waals surface area contributed by atoms with Gasteiger partial charge in [-0.3, -0.25) is 0 Å². The van der Waals surface area contributed by atoms with Gasteiger partial charge in [-0.05, 0) is 56.2 Å². The highest BCUT2D eigenvalue weighted by molar-refractivity contribution is 5.87. The van der Waals surface area contributed by atoms with E-state index in [1.54, 1.807) is 0 Å². The molecule has 0 amide bonds. The molecule has 0 N–H and O–H groups in total. The Morgan fingerprint density at radius 1 is 1.00 bits per heavy atom. The van der Waals surface area contributed by atoms with E-state index in [4.69, 9.17) is 0 Å². The van der Waals surface area contributed by atoms with Crippen molar-refractivity contribution >= 4 is 10.9 Å². The molecule has 124 valence electrons. The molecule has 2 atom stereocenters. The molecular formula is C21H28FN. The molecule has 1 aromatic heterocycles. The molecule has 2 heterocycles. The number of aromatic nitrogens is 1. The molecule has 0 bridgehead atoms. The summed E-state index contributed by atoms with van der Waals surface area (Å²) in [6.45, 7) is 3.28. The van der Waals surface area contributed by atoms with Gasteiger partial charge in [0.15, 0.2) is 0 Å². The van der Waals surface area contributed by atoms with Crippen LogP contribution in [0.25, 0.3) is 10.9 Å². The van der Waals surface area contributed by atoms with Crippen LogP contribution in [0.3, 0.4) is 0 Å². The van der Waals surface area contributed by atoms with Gasteiger partial charge < -0.3 is 4.57 Å². The summed E-state index contributed by atoms with van der Waals surface area (Å²) < 4.78 is 17.3. The van der Waals surface area contributed by atoms with Crippen molar-refractivity contribution in [3.8, 4) is 0 Å². The van der Waals surface area contributed by atoms with Crippen molar-refractivity contribution in [2.24, 2.45) is 0 Å². The fourth-order valence-electron chi connectivity index (χ4n) is 4.80. The molecule has 2 unspecified atom stereocenters. The molecule has 2 aromatic rings. The summed E-state index contributed by atoms with van der Waals surface area (Å²) in [5, 5.41) is 1.34. The zero-order valence-electron chi connectivity index (χ0n) is 14.3. The molecule has 1 aliphatic carbocycles. The van der Waals surface area contributed by atoms with Gasteiger partial charge in [0.05, 0.1) is 0 Å². The van der Waals surface area contributed by atoms with Gasteiger partial charge in [-0.15, -0.1) is 0 Å². The van der Waals surface area contributed by atoms with E-state index in [9.17, 15) is 4.39 Å². The minimum atomic E-state index is -0.647. The van der Waals surface area contributed by atoms with Crippen LogP contribution in [0.5, 0.6) is 0 Å². The van der Waals surface area contributed by atoms with Crippen LogP contribution in [0.4, 0.5) is 4.39 Å². The Hall–Kier alpha value is -1.31. The predicted octanol–water partition coefficient (Wildman–Crippen LogP) is 6.06. The third-order valence-electron chi connectivity index (χ3n) is 5.97. The van der Waals surface area contributed by atoms with E-state index in [0.29, 0.717) is 0 Å². The average Bonchev–Trinajstić information content (AvgIpc) is 2.79. The maximum Gasteiger partial charge on any atom is 0.107 e. The first-order valence-electron chi connectivity index (χ1n) is 9.51. The minimum absolute atomic E-state index is 0.129. The molecule has 1 aromatic carbocycles. The number of benzene rings is 1. The van der Waals surface area contributed by atoms with Crippen molar-refractivity contribution in [2.75, 3.05) is 0 Å². The molecule has 1 aliphatic heterocycles. The molecule has 1 fully saturated rings. The first kappa shape index (κ1) is 15.2. The smallest absolute Gasteiger partial charge is 0.107 e. The normalized spacial score (nSPS) is 25.8. The number of fused-ring (bicyclic) bond motifs is 3. The highest BCUT2D eigenvalue weighted by Crippen LogP contribution is 2.42. The van der Waals surface area contributed by atoms with Crippen LogP contribution >= 0.6 is 0 Å². The van der Waals surface area contributed by atoms with E-state index in [0.717, 1.165) is 32.2 Å². The van der Waals surface area contributed by atoms with Gasteiger partial charge in [-0.25, -0.2) is 4.39 Å². The van der Waals surface area contributed by atoms with E-state index in [-0.39, 0.29) is 5.92 Å². The van der Waals surface area contributed by atoms with Crippen LogP contribution in [0, 0.1) is 6.92 Å². The lowest BCUT2D eigenvalue weighted by Crippen LogP contribution is -2.20. The Morgan fingerprint density at radius 3 is 2.70 bits per heavy atom. The average molecular weight is 313 g/mol.